The number of piperidine rings is 1. The minimum absolute atomic E-state index is 0.0181. The Balaban J connectivity index is 1.73. The van der Waals surface area contributed by atoms with Crippen LogP contribution in [-0.2, 0) is 17.1 Å². The third-order valence-corrected chi connectivity index (χ3v) is 8.03. The summed E-state index contributed by atoms with van der Waals surface area (Å²) >= 11 is 0. The number of alkyl halides is 3. The fourth-order valence-electron chi connectivity index (χ4n) is 4.73. The number of guanidine groups is 1. The van der Waals surface area contributed by atoms with Crippen molar-refractivity contribution >= 4 is 45.0 Å². The average molecular weight is 595 g/mol. The molecular formula is C27H30F4N6O3S. The number of nitrogens with zero attached hydrogens (tertiary/aromatic N) is 3. The molecule has 0 amide bonds. The molecule has 220 valence electrons. The van der Waals surface area contributed by atoms with Gasteiger partial charge in [0.1, 0.15) is 11.6 Å². The lowest BCUT2D eigenvalue weighted by atomic mass is 9.97. The Labute approximate surface area is 234 Å². The Morgan fingerprint density at radius 2 is 1.95 bits per heavy atom. The SMILES string of the molecule is C=NC(=N[C@H]1CCCNC1)Nc1c(C)cc(-c2cccc3c(NS(=O)(=O)CCC(F)(F)F)c(F)ccc23)c(=O)n1C. The number of sulfonamides is 1. The predicted molar refractivity (Wildman–Crippen MR) is 154 cm³/mol. The summed E-state index contributed by atoms with van der Waals surface area (Å²) in [5, 5.41) is 6.78. The summed E-state index contributed by atoms with van der Waals surface area (Å²) in [6.07, 6.45) is -4.40. The Hall–Kier alpha value is -3.78. The first-order valence-electron chi connectivity index (χ1n) is 12.8. The van der Waals surface area contributed by atoms with E-state index in [1.54, 1.807) is 26.1 Å². The molecular weight excluding hydrogens is 564 g/mol. The van der Waals surface area contributed by atoms with Crippen molar-refractivity contribution in [2.24, 2.45) is 17.0 Å². The first-order chi connectivity index (χ1) is 19.3. The van der Waals surface area contributed by atoms with Crippen molar-refractivity contribution < 1.29 is 26.0 Å². The van der Waals surface area contributed by atoms with Crippen LogP contribution in [-0.4, -0.2) is 56.7 Å². The molecule has 0 saturated carbocycles. The summed E-state index contributed by atoms with van der Waals surface area (Å²) in [4.78, 5) is 22.1. The Morgan fingerprint density at radius 3 is 2.61 bits per heavy atom. The maximum atomic E-state index is 14.8. The number of aliphatic imine (C=N–C) groups is 2. The zero-order valence-electron chi connectivity index (χ0n) is 22.5. The van der Waals surface area contributed by atoms with E-state index < -0.39 is 45.4 Å². The highest BCUT2D eigenvalue weighted by Gasteiger charge is 2.30. The van der Waals surface area contributed by atoms with Crippen LogP contribution in [0.2, 0.25) is 0 Å². The van der Waals surface area contributed by atoms with E-state index in [0.717, 1.165) is 25.5 Å². The normalized spacial score (nSPS) is 16.5. The number of benzene rings is 2. The van der Waals surface area contributed by atoms with E-state index in [2.05, 4.69) is 27.3 Å². The maximum Gasteiger partial charge on any atom is 0.390 e. The quantitative estimate of drug-likeness (QED) is 0.211. The molecule has 3 N–H and O–H groups in total. The molecule has 0 radical (unpaired) electrons. The zero-order valence-corrected chi connectivity index (χ0v) is 23.3. The lowest BCUT2D eigenvalue weighted by molar-refractivity contribution is -0.129. The third-order valence-electron chi connectivity index (χ3n) is 6.77. The Morgan fingerprint density at radius 1 is 1.20 bits per heavy atom. The third kappa shape index (κ3) is 7.11. The first-order valence-corrected chi connectivity index (χ1v) is 14.5. The number of hydrogen-bond acceptors (Lipinski definition) is 5. The molecule has 1 atom stereocenters. The van der Waals surface area contributed by atoms with Crippen molar-refractivity contribution in [3.05, 3.63) is 58.1 Å². The molecule has 41 heavy (non-hydrogen) atoms. The van der Waals surface area contributed by atoms with Gasteiger partial charge in [0.2, 0.25) is 16.0 Å². The average Bonchev–Trinajstić information content (AvgIpc) is 2.93. The highest BCUT2D eigenvalue weighted by Crippen LogP contribution is 2.35. The second-order valence-electron chi connectivity index (χ2n) is 9.80. The Kier molecular flexibility index (Phi) is 8.83. The van der Waals surface area contributed by atoms with Gasteiger partial charge in [-0.3, -0.25) is 14.1 Å². The molecule has 1 saturated heterocycles. The van der Waals surface area contributed by atoms with Gasteiger partial charge in [0.05, 0.1) is 23.9 Å². The molecule has 0 spiro atoms. The largest absolute Gasteiger partial charge is 0.390 e. The van der Waals surface area contributed by atoms with E-state index in [0.29, 0.717) is 28.9 Å². The second-order valence-corrected chi connectivity index (χ2v) is 11.6. The fourth-order valence-corrected chi connectivity index (χ4v) is 5.85. The number of nitrogens with one attached hydrogen (secondary N) is 3. The summed E-state index contributed by atoms with van der Waals surface area (Å²) in [6.45, 7) is 6.99. The molecule has 9 nitrogen and oxygen atoms in total. The standard InChI is InChI=1S/C27H30F4N6O3S/c1-16-14-21(25(38)37(3)24(16)35-26(32-2)34-17-6-5-12-33-15-17)18-7-4-8-20-19(18)9-10-22(28)23(20)36-41(39,40)13-11-27(29,30)31/h4,7-10,14,17,33,36H,2,5-6,11-13,15H2,1,3H3,(H,34,35)/t17-/m0/s1. The van der Waals surface area contributed by atoms with Crippen LogP contribution < -0.4 is 20.9 Å². The van der Waals surface area contributed by atoms with Gasteiger partial charge in [-0.2, -0.15) is 13.2 Å². The fraction of sp³-hybridized carbons (Fsp3) is 0.370. The number of halogens is 4. The predicted octanol–water partition coefficient (Wildman–Crippen LogP) is 4.57. The van der Waals surface area contributed by atoms with Crippen molar-refractivity contribution in [2.75, 3.05) is 28.9 Å². The van der Waals surface area contributed by atoms with Gasteiger partial charge in [-0.15, -0.1) is 0 Å². The van der Waals surface area contributed by atoms with Gasteiger partial charge in [0.15, 0.2) is 0 Å². The van der Waals surface area contributed by atoms with Crippen molar-refractivity contribution in [1.29, 1.82) is 0 Å². The first kappa shape index (κ1) is 30.2. The van der Waals surface area contributed by atoms with Crippen LogP contribution in [0.15, 0.2) is 51.2 Å². The number of rotatable bonds is 7. The van der Waals surface area contributed by atoms with Crippen molar-refractivity contribution in [3.63, 3.8) is 0 Å². The van der Waals surface area contributed by atoms with Crippen molar-refractivity contribution in [1.82, 2.24) is 9.88 Å². The minimum atomic E-state index is -4.69. The summed E-state index contributed by atoms with van der Waals surface area (Å²) in [6, 6.07) is 8.60. The van der Waals surface area contributed by atoms with Crippen molar-refractivity contribution in [3.8, 4) is 11.1 Å². The number of anilines is 2. The lowest BCUT2D eigenvalue weighted by Crippen LogP contribution is -2.34. The molecule has 1 aliphatic rings. The minimum Gasteiger partial charge on any atom is -0.315 e. The van der Waals surface area contributed by atoms with Crippen LogP contribution in [0.3, 0.4) is 0 Å². The van der Waals surface area contributed by atoms with E-state index in [9.17, 15) is 30.8 Å². The molecule has 0 bridgehead atoms. The number of hydrogen-bond donors (Lipinski definition) is 3. The smallest absolute Gasteiger partial charge is 0.315 e. The number of pyridine rings is 1. The molecule has 3 aromatic rings. The van der Waals surface area contributed by atoms with Crippen LogP contribution in [0.25, 0.3) is 21.9 Å². The summed E-state index contributed by atoms with van der Waals surface area (Å²) in [7, 11) is -2.96. The van der Waals surface area contributed by atoms with Gasteiger partial charge >= 0.3 is 6.18 Å². The van der Waals surface area contributed by atoms with Gasteiger partial charge in [-0.1, -0.05) is 24.3 Å². The molecule has 1 fully saturated rings. The van der Waals surface area contributed by atoms with E-state index in [4.69, 9.17) is 0 Å². The van der Waals surface area contributed by atoms with Crippen LogP contribution in [0.1, 0.15) is 24.8 Å². The van der Waals surface area contributed by atoms with Crippen LogP contribution in [0, 0.1) is 12.7 Å². The number of aryl methyl sites for hydroxylation is 1. The molecule has 0 unspecified atom stereocenters. The number of fused-ring (bicyclic) bond motifs is 1. The van der Waals surface area contributed by atoms with E-state index in [-0.39, 0.29) is 23.0 Å². The summed E-state index contributed by atoms with van der Waals surface area (Å²) in [5.41, 5.74) is 0.392. The van der Waals surface area contributed by atoms with Crippen LogP contribution in [0.4, 0.5) is 29.1 Å². The van der Waals surface area contributed by atoms with Gasteiger partial charge in [0.25, 0.3) is 5.56 Å². The molecule has 2 heterocycles. The van der Waals surface area contributed by atoms with Gasteiger partial charge in [-0.05, 0) is 61.7 Å². The van der Waals surface area contributed by atoms with Gasteiger partial charge in [0, 0.05) is 24.5 Å². The van der Waals surface area contributed by atoms with Crippen LogP contribution >= 0.6 is 0 Å². The van der Waals surface area contributed by atoms with Gasteiger partial charge < -0.3 is 10.6 Å². The molecule has 14 heteroatoms. The van der Waals surface area contributed by atoms with E-state index >= 15 is 0 Å². The van der Waals surface area contributed by atoms with Gasteiger partial charge in [-0.25, -0.2) is 22.8 Å². The maximum absolute atomic E-state index is 14.8. The highest BCUT2D eigenvalue weighted by molar-refractivity contribution is 7.92. The van der Waals surface area contributed by atoms with Crippen molar-refractivity contribution in [2.45, 2.75) is 38.4 Å². The molecule has 2 aromatic carbocycles. The molecule has 1 aliphatic heterocycles. The highest BCUT2D eigenvalue weighted by atomic mass is 32.2. The topological polar surface area (TPSA) is 117 Å². The Bertz CT molecular complexity index is 1660. The van der Waals surface area contributed by atoms with E-state index in [1.165, 1.54) is 22.8 Å². The van der Waals surface area contributed by atoms with E-state index in [1.807, 2.05) is 4.72 Å². The molecule has 0 aliphatic carbocycles. The van der Waals surface area contributed by atoms with Crippen LogP contribution in [0.5, 0.6) is 0 Å². The second kappa shape index (κ2) is 12.0. The molecule has 4 rings (SSSR count). The lowest BCUT2D eigenvalue weighted by Gasteiger charge is -2.21. The zero-order chi connectivity index (χ0) is 29.9. The molecule has 1 aromatic heterocycles. The monoisotopic (exact) mass is 594 g/mol. The summed E-state index contributed by atoms with van der Waals surface area (Å²) in [5.74, 6) is -1.51. The number of aromatic nitrogens is 1. The summed E-state index contributed by atoms with van der Waals surface area (Å²) < 4.78 is 80.7.